The van der Waals surface area contributed by atoms with Gasteiger partial charge in [0.25, 0.3) is 5.91 Å². The number of rotatable bonds is 4. The third-order valence-corrected chi connectivity index (χ3v) is 5.20. The zero-order valence-corrected chi connectivity index (χ0v) is 14.1. The molecular formula is C17H18FN3O2S. The summed E-state index contributed by atoms with van der Waals surface area (Å²) >= 11 is 1.33. The number of hydrogen-bond acceptors (Lipinski definition) is 4. The maximum Gasteiger partial charge on any atom is 0.262 e. The first-order valence-electron chi connectivity index (χ1n) is 7.80. The molecule has 24 heavy (non-hydrogen) atoms. The quantitative estimate of drug-likeness (QED) is 0.924. The number of amides is 2. The number of aromatic nitrogens is 1. The van der Waals surface area contributed by atoms with Crippen molar-refractivity contribution in [2.45, 2.75) is 25.3 Å². The number of halogens is 1. The van der Waals surface area contributed by atoms with Gasteiger partial charge in [0.15, 0.2) is 0 Å². The third-order valence-electron chi connectivity index (χ3n) is 4.10. The lowest BCUT2D eigenvalue weighted by atomic mass is 10.1. The molecule has 1 saturated heterocycles. The first-order valence-corrected chi connectivity index (χ1v) is 8.62. The zero-order chi connectivity index (χ0) is 17.1. The summed E-state index contributed by atoms with van der Waals surface area (Å²) in [5.74, 6) is -0.475. The molecule has 0 bridgehead atoms. The van der Waals surface area contributed by atoms with E-state index in [2.05, 4.69) is 10.3 Å². The number of benzene rings is 1. The van der Waals surface area contributed by atoms with Crippen molar-refractivity contribution in [3.63, 3.8) is 0 Å². The van der Waals surface area contributed by atoms with E-state index in [-0.39, 0.29) is 30.1 Å². The molecule has 7 heteroatoms. The monoisotopic (exact) mass is 347 g/mol. The van der Waals surface area contributed by atoms with Crippen LogP contribution < -0.4 is 5.32 Å². The lowest BCUT2D eigenvalue weighted by Gasteiger charge is -2.23. The Morgan fingerprint density at radius 2 is 2.12 bits per heavy atom. The summed E-state index contributed by atoms with van der Waals surface area (Å²) in [6.07, 6.45) is 3.55. The van der Waals surface area contributed by atoms with Crippen molar-refractivity contribution in [1.82, 2.24) is 15.2 Å². The fourth-order valence-corrected chi connectivity index (χ4v) is 3.88. The summed E-state index contributed by atoms with van der Waals surface area (Å²) in [5, 5.41) is 3.37. The molecule has 0 saturated carbocycles. The maximum atomic E-state index is 13.0. The largest absolute Gasteiger partial charge is 0.354 e. The molecule has 2 aromatic rings. The Balaban J connectivity index is 1.72. The molecule has 0 spiro atoms. The lowest BCUT2D eigenvalue weighted by Crippen LogP contribution is -2.31. The van der Waals surface area contributed by atoms with Crippen LogP contribution in [0.2, 0.25) is 0 Å². The van der Waals surface area contributed by atoms with Gasteiger partial charge in [0, 0.05) is 13.6 Å². The van der Waals surface area contributed by atoms with Gasteiger partial charge in [-0.25, -0.2) is 9.37 Å². The summed E-state index contributed by atoms with van der Waals surface area (Å²) in [7, 11) is 1.58. The Hall–Kier alpha value is -2.28. The van der Waals surface area contributed by atoms with Crippen LogP contribution in [-0.4, -0.2) is 35.3 Å². The second kappa shape index (κ2) is 7.09. The molecule has 1 N–H and O–H groups in total. The minimum atomic E-state index is -0.310. The van der Waals surface area contributed by atoms with Crippen LogP contribution in [0.1, 0.15) is 39.1 Å². The van der Waals surface area contributed by atoms with E-state index < -0.39 is 0 Å². The van der Waals surface area contributed by atoms with Crippen molar-refractivity contribution in [2.24, 2.45) is 0 Å². The van der Waals surface area contributed by atoms with Crippen LogP contribution in [0.5, 0.6) is 0 Å². The number of nitrogens with zero attached hydrogens (tertiary/aromatic N) is 2. The summed E-state index contributed by atoms with van der Waals surface area (Å²) < 4.78 is 13.0. The van der Waals surface area contributed by atoms with Crippen molar-refractivity contribution < 1.29 is 14.0 Å². The molecule has 2 heterocycles. The summed E-state index contributed by atoms with van der Waals surface area (Å²) in [5.41, 5.74) is 0.789. The topological polar surface area (TPSA) is 62.3 Å². The molecule has 1 aromatic heterocycles. The third kappa shape index (κ3) is 3.46. The molecule has 1 aromatic carbocycles. The highest BCUT2D eigenvalue weighted by atomic mass is 32.1. The van der Waals surface area contributed by atoms with Crippen LogP contribution in [0.4, 0.5) is 4.39 Å². The number of carbonyl (C=O) groups excluding carboxylic acids is 2. The molecule has 3 rings (SSSR count). The van der Waals surface area contributed by atoms with Gasteiger partial charge in [-0.1, -0.05) is 12.1 Å². The number of thiazole rings is 1. The highest BCUT2D eigenvalue weighted by Gasteiger charge is 2.32. The second-order valence-electron chi connectivity index (χ2n) is 5.69. The highest BCUT2D eigenvalue weighted by Crippen LogP contribution is 2.34. The number of hydrogen-bond donors (Lipinski definition) is 1. The highest BCUT2D eigenvalue weighted by molar-refractivity contribution is 7.13. The first kappa shape index (κ1) is 16.6. The first-order chi connectivity index (χ1) is 11.6. The molecule has 1 aliphatic heterocycles. The molecule has 2 amide bonds. The Labute approximate surface area is 143 Å². The van der Waals surface area contributed by atoms with E-state index in [9.17, 15) is 14.0 Å². The predicted octanol–water partition coefficient (Wildman–Crippen LogP) is 2.55. The van der Waals surface area contributed by atoms with Gasteiger partial charge in [-0.15, -0.1) is 11.3 Å². The van der Waals surface area contributed by atoms with E-state index in [0.29, 0.717) is 11.4 Å². The van der Waals surface area contributed by atoms with Crippen molar-refractivity contribution in [3.05, 3.63) is 51.7 Å². The van der Waals surface area contributed by atoms with Crippen LogP contribution in [-0.2, 0) is 11.2 Å². The summed E-state index contributed by atoms with van der Waals surface area (Å²) in [6.45, 7) is 0.680. The van der Waals surface area contributed by atoms with Gasteiger partial charge in [-0.2, -0.15) is 0 Å². The minimum absolute atomic E-state index is 0.000742. The molecule has 0 aliphatic carbocycles. The Morgan fingerprint density at radius 1 is 1.38 bits per heavy atom. The second-order valence-corrected chi connectivity index (χ2v) is 6.75. The van der Waals surface area contributed by atoms with Crippen LogP contribution in [0.3, 0.4) is 0 Å². The molecular weight excluding hydrogens is 329 g/mol. The van der Waals surface area contributed by atoms with Crippen molar-refractivity contribution >= 4 is 23.2 Å². The van der Waals surface area contributed by atoms with Gasteiger partial charge in [0.1, 0.15) is 15.7 Å². The standard InChI is InChI=1S/C17H18FN3O2S/c1-19-16(23)14-10-20-17(24-14)13-3-2-8-21(13)15(22)9-11-4-6-12(18)7-5-11/h4-7,10,13H,2-3,8-9H2,1H3,(H,19,23)/t13-/m1/s1. The Kier molecular flexibility index (Phi) is 4.89. The Morgan fingerprint density at radius 3 is 2.83 bits per heavy atom. The molecule has 0 radical (unpaired) electrons. The maximum absolute atomic E-state index is 13.0. The number of nitrogens with one attached hydrogen (secondary N) is 1. The lowest BCUT2D eigenvalue weighted by molar-refractivity contribution is -0.131. The zero-order valence-electron chi connectivity index (χ0n) is 13.3. The average molecular weight is 347 g/mol. The normalized spacial score (nSPS) is 17.1. The molecule has 5 nitrogen and oxygen atoms in total. The summed E-state index contributed by atoms with van der Waals surface area (Å²) in [6, 6.07) is 5.90. The van der Waals surface area contributed by atoms with Gasteiger partial charge in [0.05, 0.1) is 18.7 Å². The van der Waals surface area contributed by atoms with E-state index in [1.165, 1.54) is 23.5 Å². The molecule has 126 valence electrons. The fraction of sp³-hybridized carbons (Fsp3) is 0.353. The van der Waals surface area contributed by atoms with Gasteiger partial charge in [-0.05, 0) is 30.5 Å². The van der Waals surface area contributed by atoms with E-state index in [1.54, 1.807) is 25.4 Å². The molecule has 1 atom stereocenters. The van der Waals surface area contributed by atoms with Crippen LogP contribution in [0.15, 0.2) is 30.5 Å². The SMILES string of the molecule is CNC(=O)c1cnc([C@H]2CCCN2C(=O)Cc2ccc(F)cc2)s1. The predicted molar refractivity (Wildman–Crippen MR) is 89.3 cm³/mol. The van der Waals surface area contributed by atoms with E-state index in [0.717, 1.165) is 23.4 Å². The number of likely N-dealkylation sites (tertiary alicyclic amines) is 1. The smallest absolute Gasteiger partial charge is 0.262 e. The van der Waals surface area contributed by atoms with E-state index in [4.69, 9.17) is 0 Å². The Bertz CT molecular complexity index is 745. The average Bonchev–Trinajstić information content (AvgIpc) is 3.24. The summed E-state index contributed by atoms with van der Waals surface area (Å²) in [4.78, 5) is 31.0. The molecule has 1 fully saturated rings. The molecule has 0 unspecified atom stereocenters. The molecule has 1 aliphatic rings. The van der Waals surface area contributed by atoms with Crippen molar-refractivity contribution in [3.8, 4) is 0 Å². The van der Waals surface area contributed by atoms with Crippen molar-refractivity contribution in [1.29, 1.82) is 0 Å². The fourth-order valence-electron chi connectivity index (χ4n) is 2.87. The van der Waals surface area contributed by atoms with Crippen LogP contribution >= 0.6 is 11.3 Å². The van der Waals surface area contributed by atoms with Gasteiger partial charge in [0.2, 0.25) is 5.91 Å². The minimum Gasteiger partial charge on any atom is -0.354 e. The van der Waals surface area contributed by atoms with Crippen molar-refractivity contribution in [2.75, 3.05) is 13.6 Å². The van der Waals surface area contributed by atoms with Gasteiger partial charge >= 0.3 is 0 Å². The van der Waals surface area contributed by atoms with Crippen LogP contribution in [0.25, 0.3) is 0 Å². The van der Waals surface area contributed by atoms with E-state index >= 15 is 0 Å². The van der Waals surface area contributed by atoms with E-state index in [1.807, 2.05) is 4.90 Å². The number of carbonyl (C=O) groups is 2. The van der Waals surface area contributed by atoms with Gasteiger partial charge < -0.3 is 10.2 Å². The van der Waals surface area contributed by atoms with Gasteiger partial charge in [-0.3, -0.25) is 9.59 Å². The van der Waals surface area contributed by atoms with Crippen LogP contribution in [0, 0.1) is 5.82 Å².